The standard InChI is InChI=1S/C15H18F2N2O4S/c16-15(17,11-4-2-1-3-5-11)14(21)18-8-6-13(20)19-12-7-9-24(22,23)10-12/h1-5,12H,6-10H2,(H,18,21)(H,19,20)/t12-/m0/s1. The number of amides is 2. The van der Waals surface area contributed by atoms with Crippen LogP contribution in [0, 0.1) is 0 Å². The highest BCUT2D eigenvalue weighted by Gasteiger charge is 2.40. The summed E-state index contributed by atoms with van der Waals surface area (Å²) in [7, 11) is -3.11. The average molecular weight is 360 g/mol. The highest BCUT2D eigenvalue weighted by molar-refractivity contribution is 7.91. The molecular formula is C15H18F2N2O4S. The van der Waals surface area contributed by atoms with Gasteiger partial charge in [-0.25, -0.2) is 8.42 Å². The molecule has 24 heavy (non-hydrogen) atoms. The predicted molar refractivity (Wildman–Crippen MR) is 83.2 cm³/mol. The summed E-state index contributed by atoms with van der Waals surface area (Å²) in [6.45, 7) is -0.257. The van der Waals surface area contributed by atoms with E-state index in [0.29, 0.717) is 6.42 Å². The molecule has 1 aliphatic rings. The van der Waals surface area contributed by atoms with Gasteiger partial charge in [0.15, 0.2) is 9.84 Å². The molecule has 1 aromatic carbocycles. The van der Waals surface area contributed by atoms with Gasteiger partial charge in [0, 0.05) is 24.6 Å². The van der Waals surface area contributed by atoms with Crippen molar-refractivity contribution >= 4 is 21.7 Å². The Hall–Kier alpha value is -2.03. The van der Waals surface area contributed by atoms with Gasteiger partial charge in [0.1, 0.15) is 0 Å². The van der Waals surface area contributed by atoms with Gasteiger partial charge in [-0.3, -0.25) is 9.59 Å². The largest absolute Gasteiger partial charge is 0.352 e. The molecule has 1 aromatic rings. The fraction of sp³-hybridized carbons (Fsp3) is 0.467. The number of alkyl halides is 2. The first kappa shape index (κ1) is 18.3. The highest BCUT2D eigenvalue weighted by Crippen LogP contribution is 2.27. The SMILES string of the molecule is O=C(CCNC(=O)C(F)(F)c1ccccc1)N[C@H]1CCS(=O)(=O)C1. The smallest absolute Gasteiger partial charge is 0.349 e. The maximum absolute atomic E-state index is 13.9. The van der Waals surface area contributed by atoms with Crippen LogP contribution in [0.5, 0.6) is 0 Å². The topological polar surface area (TPSA) is 92.3 Å². The summed E-state index contributed by atoms with van der Waals surface area (Å²) in [5.41, 5.74) is -0.428. The second-order valence-electron chi connectivity index (χ2n) is 5.61. The number of rotatable bonds is 6. The van der Waals surface area contributed by atoms with Crippen LogP contribution >= 0.6 is 0 Å². The molecule has 1 aliphatic heterocycles. The molecule has 0 aromatic heterocycles. The zero-order valence-corrected chi connectivity index (χ0v) is 13.6. The molecule has 0 radical (unpaired) electrons. The van der Waals surface area contributed by atoms with E-state index in [2.05, 4.69) is 5.32 Å². The number of benzene rings is 1. The van der Waals surface area contributed by atoms with Crippen LogP contribution in [-0.4, -0.2) is 44.3 Å². The summed E-state index contributed by atoms with van der Waals surface area (Å²) < 4.78 is 50.4. The molecule has 2 amide bonds. The van der Waals surface area contributed by atoms with E-state index in [-0.39, 0.29) is 24.5 Å². The van der Waals surface area contributed by atoms with E-state index in [1.165, 1.54) is 12.1 Å². The fourth-order valence-electron chi connectivity index (χ4n) is 2.39. The molecule has 9 heteroatoms. The summed E-state index contributed by atoms with van der Waals surface area (Å²) in [6.07, 6.45) is 0.139. The van der Waals surface area contributed by atoms with Crippen molar-refractivity contribution in [2.24, 2.45) is 0 Å². The minimum atomic E-state index is -3.68. The van der Waals surface area contributed by atoms with Crippen LogP contribution in [0.1, 0.15) is 18.4 Å². The number of hydrogen-bond acceptors (Lipinski definition) is 4. The first-order chi connectivity index (χ1) is 11.2. The van der Waals surface area contributed by atoms with Crippen LogP contribution < -0.4 is 10.6 Å². The summed E-state index contributed by atoms with van der Waals surface area (Å²) in [5, 5.41) is 4.55. The third-order valence-electron chi connectivity index (χ3n) is 3.66. The number of carbonyl (C=O) groups is 2. The fourth-order valence-corrected chi connectivity index (χ4v) is 4.06. The molecule has 0 saturated carbocycles. The zero-order valence-electron chi connectivity index (χ0n) is 12.8. The first-order valence-corrected chi connectivity index (χ1v) is 9.24. The summed E-state index contributed by atoms with van der Waals surface area (Å²) in [5.74, 6) is -5.74. The molecule has 6 nitrogen and oxygen atoms in total. The molecule has 2 rings (SSSR count). The molecule has 1 saturated heterocycles. The van der Waals surface area contributed by atoms with Crippen molar-refractivity contribution in [2.75, 3.05) is 18.1 Å². The molecule has 0 unspecified atom stereocenters. The van der Waals surface area contributed by atoms with E-state index in [9.17, 15) is 26.8 Å². The van der Waals surface area contributed by atoms with Gasteiger partial charge in [-0.1, -0.05) is 30.3 Å². The molecule has 0 aliphatic carbocycles. The van der Waals surface area contributed by atoms with Crippen molar-refractivity contribution < 1.29 is 26.8 Å². The Labute approximate surface area is 138 Å². The van der Waals surface area contributed by atoms with Crippen molar-refractivity contribution in [1.82, 2.24) is 10.6 Å². The van der Waals surface area contributed by atoms with E-state index < -0.39 is 39.2 Å². The Morgan fingerprint density at radius 2 is 1.88 bits per heavy atom. The van der Waals surface area contributed by atoms with Gasteiger partial charge in [0.25, 0.3) is 5.91 Å². The predicted octanol–water partition coefficient (Wildman–Crippen LogP) is 0.588. The van der Waals surface area contributed by atoms with Crippen molar-refractivity contribution in [1.29, 1.82) is 0 Å². The van der Waals surface area contributed by atoms with E-state index in [0.717, 1.165) is 12.1 Å². The number of nitrogens with one attached hydrogen (secondary N) is 2. The van der Waals surface area contributed by atoms with Crippen molar-refractivity contribution in [2.45, 2.75) is 24.8 Å². The van der Waals surface area contributed by atoms with E-state index in [1.807, 2.05) is 5.32 Å². The van der Waals surface area contributed by atoms with Gasteiger partial charge in [0.05, 0.1) is 11.5 Å². The van der Waals surface area contributed by atoms with Crippen molar-refractivity contribution in [3.8, 4) is 0 Å². The van der Waals surface area contributed by atoms with Crippen LogP contribution in [0.2, 0.25) is 0 Å². The summed E-state index contributed by atoms with van der Waals surface area (Å²) >= 11 is 0. The molecule has 132 valence electrons. The molecule has 1 atom stereocenters. The lowest BCUT2D eigenvalue weighted by Gasteiger charge is -2.16. The maximum Gasteiger partial charge on any atom is 0.349 e. The minimum absolute atomic E-state index is 0.0258. The van der Waals surface area contributed by atoms with Gasteiger partial charge in [-0.2, -0.15) is 8.78 Å². The molecule has 2 N–H and O–H groups in total. The van der Waals surface area contributed by atoms with Crippen molar-refractivity contribution in [3.63, 3.8) is 0 Å². The maximum atomic E-state index is 13.9. The Morgan fingerprint density at radius 1 is 1.21 bits per heavy atom. The monoisotopic (exact) mass is 360 g/mol. The molecule has 0 bridgehead atoms. The minimum Gasteiger partial charge on any atom is -0.352 e. The van der Waals surface area contributed by atoms with Gasteiger partial charge in [0.2, 0.25) is 5.91 Å². The Balaban J connectivity index is 1.77. The number of halogens is 2. The average Bonchev–Trinajstić information content (AvgIpc) is 2.86. The second kappa shape index (κ2) is 7.25. The van der Waals surface area contributed by atoms with Crippen LogP contribution in [0.4, 0.5) is 8.78 Å². The zero-order chi connectivity index (χ0) is 17.8. The lowest BCUT2D eigenvalue weighted by atomic mass is 10.1. The molecule has 0 spiro atoms. The normalized spacial score (nSPS) is 19.7. The van der Waals surface area contributed by atoms with Crippen molar-refractivity contribution in [3.05, 3.63) is 35.9 Å². The third-order valence-corrected chi connectivity index (χ3v) is 5.42. The van der Waals surface area contributed by atoms with E-state index >= 15 is 0 Å². The Bertz CT molecular complexity index is 707. The van der Waals surface area contributed by atoms with Crippen LogP contribution in [0.15, 0.2) is 30.3 Å². The second-order valence-corrected chi connectivity index (χ2v) is 7.84. The molecule has 1 heterocycles. The third kappa shape index (κ3) is 4.73. The summed E-state index contributed by atoms with van der Waals surface area (Å²) in [6, 6.07) is 6.20. The molecule has 1 fully saturated rings. The highest BCUT2D eigenvalue weighted by atomic mass is 32.2. The molecular weight excluding hydrogens is 342 g/mol. The summed E-state index contributed by atoms with van der Waals surface area (Å²) in [4.78, 5) is 23.3. The Kier molecular flexibility index (Phi) is 5.53. The Morgan fingerprint density at radius 3 is 2.46 bits per heavy atom. The lowest BCUT2D eigenvalue weighted by molar-refractivity contribution is -0.147. The van der Waals surface area contributed by atoms with E-state index in [1.54, 1.807) is 6.07 Å². The van der Waals surface area contributed by atoms with Gasteiger partial charge >= 0.3 is 5.92 Å². The number of sulfone groups is 1. The van der Waals surface area contributed by atoms with Crippen LogP contribution in [0.3, 0.4) is 0 Å². The van der Waals surface area contributed by atoms with Gasteiger partial charge in [-0.05, 0) is 6.42 Å². The number of hydrogen-bond donors (Lipinski definition) is 2. The first-order valence-electron chi connectivity index (χ1n) is 7.42. The van der Waals surface area contributed by atoms with Gasteiger partial charge in [-0.15, -0.1) is 0 Å². The lowest BCUT2D eigenvalue weighted by Crippen LogP contribution is -2.41. The number of carbonyl (C=O) groups excluding carboxylic acids is 2. The quantitative estimate of drug-likeness (QED) is 0.777. The van der Waals surface area contributed by atoms with Gasteiger partial charge < -0.3 is 10.6 Å². The van der Waals surface area contributed by atoms with Crippen LogP contribution in [0.25, 0.3) is 0 Å². The van der Waals surface area contributed by atoms with E-state index in [4.69, 9.17) is 0 Å². The van der Waals surface area contributed by atoms with Crippen LogP contribution in [-0.2, 0) is 25.3 Å².